The monoisotopic (exact) mass is 519 g/mol. The van der Waals surface area contributed by atoms with Crippen LogP contribution in [0.15, 0.2) is 54.1 Å². The van der Waals surface area contributed by atoms with Crippen molar-refractivity contribution in [2.24, 2.45) is 0 Å². The Morgan fingerprint density at radius 2 is 1.89 bits per heavy atom. The smallest absolute Gasteiger partial charge is 0.410 e. The first kappa shape index (κ1) is 24.9. The fraction of sp³-hybridized carbons (Fsp3) is 0.385. The second-order valence-corrected chi connectivity index (χ2v) is 11.1. The van der Waals surface area contributed by atoms with Gasteiger partial charge >= 0.3 is 6.09 Å². The molecular formula is C26H29N7O3S. The average Bonchev–Trinajstić information content (AvgIpc) is 3.43. The number of hydrogen-bond acceptors (Lipinski definition) is 9. The van der Waals surface area contributed by atoms with E-state index in [9.17, 15) is 4.79 Å². The third-order valence-electron chi connectivity index (χ3n) is 5.95. The summed E-state index contributed by atoms with van der Waals surface area (Å²) in [7, 11) is 1.62. The number of benzene rings is 1. The Balaban J connectivity index is 1.43. The Hall–Kier alpha value is -3.73. The fourth-order valence-electron chi connectivity index (χ4n) is 4.29. The second-order valence-electron chi connectivity index (χ2n) is 9.79. The molecule has 1 aliphatic heterocycles. The van der Waals surface area contributed by atoms with Crippen molar-refractivity contribution in [3.05, 3.63) is 49.1 Å². The van der Waals surface area contributed by atoms with E-state index in [4.69, 9.17) is 9.47 Å². The molecule has 5 rings (SSSR count). The van der Waals surface area contributed by atoms with E-state index in [1.807, 2.05) is 45.0 Å². The van der Waals surface area contributed by atoms with E-state index >= 15 is 0 Å². The number of likely N-dealkylation sites (tertiary alicyclic amines) is 1. The third-order valence-corrected chi connectivity index (χ3v) is 7.19. The van der Waals surface area contributed by atoms with Crippen molar-refractivity contribution in [3.63, 3.8) is 0 Å². The molecule has 0 N–H and O–H groups in total. The molecule has 10 nitrogen and oxygen atoms in total. The van der Waals surface area contributed by atoms with E-state index in [0.29, 0.717) is 24.5 Å². The predicted octanol–water partition coefficient (Wildman–Crippen LogP) is 4.77. The maximum absolute atomic E-state index is 12.6. The van der Waals surface area contributed by atoms with Gasteiger partial charge in [-0.2, -0.15) is 15.0 Å². The van der Waals surface area contributed by atoms with Crippen LogP contribution in [0.3, 0.4) is 0 Å². The van der Waals surface area contributed by atoms with Gasteiger partial charge in [0, 0.05) is 53.1 Å². The first-order valence-corrected chi connectivity index (χ1v) is 13.0. The van der Waals surface area contributed by atoms with E-state index in [1.54, 1.807) is 48.6 Å². The van der Waals surface area contributed by atoms with Crippen molar-refractivity contribution < 1.29 is 14.3 Å². The highest BCUT2D eigenvalue weighted by Crippen LogP contribution is 2.38. The number of pyridine rings is 1. The third kappa shape index (κ3) is 5.51. The fourth-order valence-corrected chi connectivity index (χ4v) is 5.54. The molecule has 1 aromatic carbocycles. The lowest BCUT2D eigenvalue weighted by Crippen LogP contribution is -2.43. The van der Waals surface area contributed by atoms with Crippen LogP contribution in [0.25, 0.3) is 27.7 Å². The highest BCUT2D eigenvalue weighted by Gasteiger charge is 2.29. The Labute approximate surface area is 219 Å². The summed E-state index contributed by atoms with van der Waals surface area (Å²) in [4.78, 5) is 20.3. The van der Waals surface area contributed by atoms with Crippen LogP contribution in [0.2, 0.25) is 0 Å². The quantitative estimate of drug-likeness (QED) is 0.368. The summed E-state index contributed by atoms with van der Waals surface area (Å²) in [6, 6.07) is 7.67. The zero-order valence-electron chi connectivity index (χ0n) is 21.3. The number of amides is 1. The molecule has 3 aromatic heterocycles. The molecule has 0 radical (unpaired) electrons. The standard InChI is InChI=1S/C26H29N7O3S/c1-26(2,3)36-25(34)32-13-5-6-18(16-32)37-24-19-9-10-27-15-21(19)23(30-31-24)20-8-7-17(14-22(20)35-4)33-28-11-12-29-33/h7-12,14-15,18H,5-6,13,16H2,1-4H3/t18-/m1/s1. The second kappa shape index (κ2) is 10.3. The number of fused-ring (bicyclic) bond motifs is 1. The predicted molar refractivity (Wildman–Crippen MR) is 141 cm³/mol. The minimum atomic E-state index is -0.518. The number of rotatable bonds is 5. The minimum absolute atomic E-state index is 0.188. The summed E-state index contributed by atoms with van der Waals surface area (Å²) >= 11 is 1.65. The van der Waals surface area contributed by atoms with E-state index in [2.05, 4.69) is 25.4 Å². The molecule has 1 atom stereocenters. The van der Waals surface area contributed by atoms with Crippen molar-refractivity contribution in [1.29, 1.82) is 0 Å². The van der Waals surface area contributed by atoms with Crippen LogP contribution in [0.5, 0.6) is 5.75 Å². The molecule has 0 aliphatic carbocycles. The van der Waals surface area contributed by atoms with Gasteiger partial charge in [0.05, 0.1) is 25.2 Å². The van der Waals surface area contributed by atoms with Crippen molar-refractivity contribution in [2.75, 3.05) is 20.2 Å². The van der Waals surface area contributed by atoms with Crippen molar-refractivity contribution in [2.45, 2.75) is 49.5 Å². The van der Waals surface area contributed by atoms with Crippen LogP contribution >= 0.6 is 11.8 Å². The average molecular weight is 520 g/mol. The number of carbonyl (C=O) groups is 1. The zero-order chi connectivity index (χ0) is 26.0. The topological polar surface area (TPSA) is 108 Å². The van der Waals surface area contributed by atoms with Crippen LogP contribution in [0, 0.1) is 0 Å². The molecule has 1 aliphatic rings. The summed E-state index contributed by atoms with van der Waals surface area (Å²) in [6.07, 6.45) is 8.44. The van der Waals surface area contributed by atoms with Gasteiger partial charge in [-0.05, 0) is 51.8 Å². The van der Waals surface area contributed by atoms with Gasteiger partial charge in [0.25, 0.3) is 0 Å². The molecule has 0 unspecified atom stereocenters. The van der Waals surface area contributed by atoms with Gasteiger partial charge in [-0.25, -0.2) is 4.79 Å². The van der Waals surface area contributed by atoms with Crippen LogP contribution in [0.4, 0.5) is 4.79 Å². The first-order valence-electron chi connectivity index (χ1n) is 12.1. The lowest BCUT2D eigenvalue weighted by molar-refractivity contribution is 0.0220. The number of hydrogen-bond donors (Lipinski definition) is 0. The molecule has 0 spiro atoms. The summed E-state index contributed by atoms with van der Waals surface area (Å²) < 4.78 is 11.3. The number of ether oxygens (including phenoxy) is 2. The van der Waals surface area contributed by atoms with E-state index in [1.165, 1.54) is 4.80 Å². The van der Waals surface area contributed by atoms with Gasteiger partial charge in [-0.3, -0.25) is 4.98 Å². The summed E-state index contributed by atoms with van der Waals surface area (Å²) in [5.74, 6) is 0.634. The molecule has 192 valence electrons. The van der Waals surface area contributed by atoms with E-state index < -0.39 is 5.60 Å². The number of methoxy groups -OCH3 is 1. The van der Waals surface area contributed by atoms with Crippen molar-refractivity contribution in [3.8, 4) is 22.7 Å². The molecule has 4 heterocycles. The normalized spacial score (nSPS) is 16.1. The van der Waals surface area contributed by atoms with Crippen LogP contribution in [0.1, 0.15) is 33.6 Å². The van der Waals surface area contributed by atoms with Gasteiger partial charge in [0.1, 0.15) is 22.1 Å². The maximum atomic E-state index is 12.6. The van der Waals surface area contributed by atoms with Crippen LogP contribution in [-0.4, -0.2) is 72.2 Å². The Bertz CT molecular complexity index is 1410. The highest BCUT2D eigenvalue weighted by molar-refractivity contribution is 8.00. The molecule has 1 amide bonds. The Morgan fingerprint density at radius 3 is 2.65 bits per heavy atom. The molecule has 1 saturated heterocycles. The van der Waals surface area contributed by atoms with Crippen LogP contribution in [-0.2, 0) is 4.74 Å². The van der Waals surface area contributed by atoms with E-state index in [-0.39, 0.29) is 11.3 Å². The van der Waals surface area contributed by atoms with Gasteiger partial charge in [-0.1, -0.05) is 11.8 Å². The lowest BCUT2D eigenvalue weighted by atomic mass is 10.1. The Morgan fingerprint density at radius 1 is 1.08 bits per heavy atom. The highest BCUT2D eigenvalue weighted by atomic mass is 32.2. The summed E-state index contributed by atoms with van der Waals surface area (Å²) in [5, 5.41) is 20.5. The van der Waals surface area contributed by atoms with Crippen molar-refractivity contribution >= 4 is 28.6 Å². The van der Waals surface area contributed by atoms with Gasteiger partial charge in [0.15, 0.2) is 0 Å². The molecule has 0 saturated carbocycles. The number of thioether (sulfide) groups is 1. The molecule has 1 fully saturated rings. The number of nitrogens with zero attached hydrogens (tertiary/aromatic N) is 7. The maximum Gasteiger partial charge on any atom is 0.410 e. The number of carbonyl (C=O) groups excluding carboxylic acids is 1. The molecule has 37 heavy (non-hydrogen) atoms. The largest absolute Gasteiger partial charge is 0.496 e. The molecule has 4 aromatic rings. The molecule has 0 bridgehead atoms. The Kier molecular flexibility index (Phi) is 6.96. The SMILES string of the molecule is COc1cc(-n2nccn2)ccc1-c1nnc(S[C@@H]2CCCN(C(=O)OC(C)(C)C)C2)c2ccncc12. The first-order chi connectivity index (χ1) is 17.8. The van der Waals surface area contributed by atoms with Crippen molar-refractivity contribution in [1.82, 2.24) is 35.1 Å². The zero-order valence-corrected chi connectivity index (χ0v) is 22.1. The van der Waals surface area contributed by atoms with Crippen LogP contribution < -0.4 is 4.74 Å². The van der Waals surface area contributed by atoms with Gasteiger partial charge < -0.3 is 14.4 Å². The summed E-state index contributed by atoms with van der Waals surface area (Å²) in [5.41, 5.74) is 1.74. The number of piperidine rings is 1. The lowest BCUT2D eigenvalue weighted by Gasteiger charge is -2.33. The summed E-state index contributed by atoms with van der Waals surface area (Å²) in [6.45, 7) is 6.96. The van der Waals surface area contributed by atoms with Gasteiger partial charge in [-0.15, -0.1) is 10.2 Å². The number of aromatic nitrogens is 6. The van der Waals surface area contributed by atoms with Gasteiger partial charge in [0.2, 0.25) is 0 Å². The van der Waals surface area contributed by atoms with E-state index in [0.717, 1.165) is 39.9 Å². The minimum Gasteiger partial charge on any atom is -0.496 e. The molecular weight excluding hydrogens is 490 g/mol. The molecule has 11 heteroatoms.